The van der Waals surface area contributed by atoms with Crippen molar-refractivity contribution < 1.29 is 0 Å². The van der Waals surface area contributed by atoms with E-state index in [0.717, 1.165) is 0 Å². The molecule has 0 atom stereocenters. The molecule has 0 aliphatic rings. The minimum absolute atomic E-state index is 1.18. The smallest absolute Gasteiger partial charge is 0.0440 e. The maximum atomic E-state index is 4.16. The molecule has 8 rings (SSSR count). The molecule has 0 unspecified atom stereocenters. The summed E-state index contributed by atoms with van der Waals surface area (Å²) in [5.41, 5.74) is 7.35. The summed E-state index contributed by atoms with van der Waals surface area (Å²) in [4.78, 5) is 0. The molecule has 0 amide bonds. The largest absolute Gasteiger partial charge is 0.134 e. The van der Waals surface area contributed by atoms with Crippen LogP contribution in [0, 0.1) is 0 Å². The van der Waals surface area contributed by atoms with Gasteiger partial charge in [0.25, 0.3) is 0 Å². The summed E-state index contributed by atoms with van der Waals surface area (Å²) in [6.07, 6.45) is 4.21. The molecule has 198 valence electrons. The molecule has 0 nitrogen and oxygen atoms in total. The van der Waals surface area contributed by atoms with Crippen LogP contribution in [0.3, 0.4) is 0 Å². The molecule has 8 aromatic rings. The van der Waals surface area contributed by atoms with Gasteiger partial charge in [-0.25, -0.2) is 0 Å². The Bertz CT molecular complexity index is 2360. The Morgan fingerprint density at radius 3 is 1.95 bits per heavy atom. The van der Waals surface area contributed by atoms with Crippen molar-refractivity contribution in [3.05, 3.63) is 157 Å². The van der Waals surface area contributed by atoms with E-state index in [1.807, 2.05) is 17.4 Å². The Labute approximate surface area is 249 Å². The highest BCUT2D eigenvalue weighted by Crippen LogP contribution is 2.46. The van der Waals surface area contributed by atoms with Gasteiger partial charge in [0, 0.05) is 25.6 Å². The third kappa shape index (κ3) is 3.67. The number of fused-ring (bicyclic) bond motifs is 9. The van der Waals surface area contributed by atoms with Crippen LogP contribution >= 0.6 is 11.3 Å². The highest BCUT2D eigenvalue weighted by Gasteiger charge is 2.17. The molecule has 0 radical (unpaired) electrons. The molecule has 42 heavy (non-hydrogen) atoms. The first-order chi connectivity index (χ1) is 20.8. The lowest BCUT2D eigenvalue weighted by atomic mass is 9.89. The molecular weight excluding hydrogens is 525 g/mol. The summed E-state index contributed by atoms with van der Waals surface area (Å²) < 4.78 is 2.71. The fraction of sp³-hybridized carbons (Fsp3) is 0.0244. The van der Waals surface area contributed by atoms with Crippen LogP contribution in [0.25, 0.3) is 75.3 Å². The third-order valence-electron chi connectivity index (χ3n) is 8.63. The predicted octanol–water partition coefficient (Wildman–Crippen LogP) is 12.3. The zero-order chi connectivity index (χ0) is 28.2. The van der Waals surface area contributed by atoms with Crippen LogP contribution in [-0.4, -0.2) is 0 Å². The predicted molar refractivity (Wildman–Crippen MR) is 187 cm³/mol. The molecule has 0 aliphatic heterocycles. The molecule has 0 bridgehead atoms. The lowest BCUT2D eigenvalue weighted by Crippen LogP contribution is -1.93. The monoisotopic (exact) mass is 552 g/mol. The van der Waals surface area contributed by atoms with Gasteiger partial charge in [-0.15, -0.1) is 11.3 Å². The highest BCUT2D eigenvalue weighted by molar-refractivity contribution is 7.27. The van der Waals surface area contributed by atoms with E-state index in [0.29, 0.717) is 0 Å². The fourth-order valence-electron chi connectivity index (χ4n) is 6.71. The first-order valence-corrected chi connectivity index (χ1v) is 15.2. The van der Waals surface area contributed by atoms with Crippen LogP contribution in [-0.2, 0) is 0 Å². The van der Waals surface area contributed by atoms with Crippen molar-refractivity contribution in [3.63, 3.8) is 0 Å². The minimum Gasteiger partial charge on any atom is -0.134 e. The van der Waals surface area contributed by atoms with Gasteiger partial charge in [0.05, 0.1) is 0 Å². The SMILES string of the molecule is C=Cc1c(/C(=C\C)c2ccc(-c3cccc4c3sc3c5ccccc5c5ccccc5c43)cc2)ccc2ccccc12. The van der Waals surface area contributed by atoms with Crippen molar-refractivity contribution >= 4 is 75.5 Å². The molecule has 0 spiro atoms. The summed E-state index contributed by atoms with van der Waals surface area (Å²) in [6.45, 7) is 6.29. The van der Waals surface area contributed by atoms with E-state index < -0.39 is 0 Å². The van der Waals surface area contributed by atoms with Gasteiger partial charge < -0.3 is 0 Å². The Hall–Kier alpha value is -4.98. The Balaban J connectivity index is 1.29. The van der Waals surface area contributed by atoms with Crippen molar-refractivity contribution in [2.75, 3.05) is 0 Å². The van der Waals surface area contributed by atoms with Crippen LogP contribution < -0.4 is 0 Å². The van der Waals surface area contributed by atoms with Crippen molar-refractivity contribution in [1.82, 2.24) is 0 Å². The van der Waals surface area contributed by atoms with Crippen LogP contribution in [0.15, 0.2) is 140 Å². The van der Waals surface area contributed by atoms with Crippen LogP contribution in [0.2, 0.25) is 0 Å². The van der Waals surface area contributed by atoms with Gasteiger partial charge in [0.1, 0.15) is 0 Å². The van der Waals surface area contributed by atoms with Gasteiger partial charge in [-0.1, -0.05) is 146 Å². The summed E-state index contributed by atoms with van der Waals surface area (Å²) >= 11 is 1.92. The molecule has 0 saturated heterocycles. The topological polar surface area (TPSA) is 0 Å². The maximum Gasteiger partial charge on any atom is 0.0440 e. The number of thiophene rings is 1. The quantitative estimate of drug-likeness (QED) is 0.190. The molecule has 1 heterocycles. The maximum absolute atomic E-state index is 4.16. The average Bonchev–Trinajstić information content (AvgIpc) is 3.46. The standard InChI is InChI=1S/C41H28S/c1-3-29(35-25-24-26-12-5-6-13-31(26)30(35)4-2)27-20-22-28(23-21-27)32-18-11-19-38-39-36-16-9-7-14-33(36)34-15-8-10-17-37(34)41(39)42-40(32)38/h3-25H,2H2,1H3/b29-3-. The first-order valence-electron chi connectivity index (χ1n) is 14.4. The van der Waals surface area contributed by atoms with Gasteiger partial charge in [0.2, 0.25) is 0 Å². The second-order valence-electron chi connectivity index (χ2n) is 10.8. The molecule has 0 N–H and O–H groups in total. The fourth-order valence-corrected chi connectivity index (χ4v) is 8.10. The van der Waals surface area contributed by atoms with Gasteiger partial charge in [-0.2, -0.15) is 0 Å². The molecule has 0 aliphatic carbocycles. The van der Waals surface area contributed by atoms with E-state index in [2.05, 4.69) is 147 Å². The molecule has 1 heteroatoms. The van der Waals surface area contributed by atoms with E-state index >= 15 is 0 Å². The number of benzene rings is 7. The Kier molecular flexibility index (Phi) is 5.80. The van der Waals surface area contributed by atoms with E-state index in [9.17, 15) is 0 Å². The third-order valence-corrected chi connectivity index (χ3v) is 9.91. The Morgan fingerprint density at radius 2 is 1.21 bits per heavy atom. The first kappa shape index (κ1) is 24.8. The number of hydrogen-bond acceptors (Lipinski definition) is 1. The Morgan fingerprint density at radius 1 is 0.571 bits per heavy atom. The zero-order valence-electron chi connectivity index (χ0n) is 23.4. The van der Waals surface area contributed by atoms with E-state index in [1.54, 1.807) is 0 Å². The molecule has 0 fully saturated rings. The van der Waals surface area contributed by atoms with Crippen molar-refractivity contribution in [2.24, 2.45) is 0 Å². The summed E-state index contributed by atoms with van der Waals surface area (Å²) in [6, 6.07) is 46.5. The van der Waals surface area contributed by atoms with Gasteiger partial charge in [-0.05, 0) is 67.2 Å². The van der Waals surface area contributed by atoms with E-state index in [1.165, 1.54) is 85.9 Å². The molecule has 0 saturated carbocycles. The van der Waals surface area contributed by atoms with Gasteiger partial charge in [-0.3, -0.25) is 0 Å². The second kappa shape index (κ2) is 9.83. The average molecular weight is 553 g/mol. The van der Waals surface area contributed by atoms with E-state index in [-0.39, 0.29) is 0 Å². The van der Waals surface area contributed by atoms with Crippen LogP contribution in [0.5, 0.6) is 0 Å². The molecular formula is C41H28S. The molecule has 7 aromatic carbocycles. The van der Waals surface area contributed by atoms with Crippen molar-refractivity contribution in [2.45, 2.75) is 6.92 Å². The number of hydrogen-bond donors (Lipinski definition) is 0. The molecule has 1 aromatic heterocycles. The summed E-state index contributed by atoms with van der Waals surface area (Å²) in [5.74, 6) is 0. The van der Waals surface area contributed by atoms with Crippen molar-refractivity contribution in [1.29, 1.82) is 0 Å². The second-order valence-corrected chi connectivity index (χ2v) is 11.8. The number of allylic oxidation sites excluding steroid dienone is 1. The highest BCUT2D eigenvalue weighted by atomic mass is 32.1. The summed E-state index contributed by atoms with van der Waals surface area (Å²) in [7, 11) is 0. The van der Waals surface area contributed by atoms with Crippen molar-refractivity contribution in [3.8, 4) is 11.1 Å². The van der Waals surface area contributed by atoms with Crippen LogP contribution in [0.4, 0.5) is 0 Å². The lowest BCUT2D eigenvalue weighted by Gasteiger charge is -2.15. The normalized spacial score (nSPS) is 12.2. The van der Waals surface area contributed by atoms with E-state index in [4.69, 9.17) is 0 Å². The zero-order valence-corrected chi connectivity index (χ0v) is 24.2. The van der Waals surface area contributed by atoms with Gasteiger partial charge in [0.15, 0.2) is 0 Å². The lowest BCUT2D eigenvalue weighted by molar-refractivity contribution is 1.53. The minimum atomic E-state index is 1.18. The van der Waals surface area contributed by atoms with Crippen LogP contribution in [0.1, 0.15) is 23.6 Å². The summed E-state index contributed by atoms with van der Waals surface area (Å²) in [5, 5.41) is 10.5. The van der Waals surface area contributed by atoms with Gasteiger partial charge >= 0.3 is 0 Å². The number of rotatable bonds is 4.